The number of carbonyl (C=O) groups excluding carboxylic acids is 1. The zero-order chi connectivity index (χ0) is 14.6. The number of primary sulfonamides is 1. The Morgan fingerprint density at radius 3 is 2.63 bits per heavy atom. The molecule has 1 heterocycles. The van der Waals surface area contributed by atoms with Gasteiger partial charge in [-0.3, -0.25) is 4.79 Å². The van der Waals surface area contributed by atoms with E-state index in [9.17, 15) is 13.2 Å². The first-order valence-electron chi connectivity index (χ1n) is 6.19. The second-order valence-corrected chi connectivity index (χ2v) is 7.38. The quantitative estimate of drug-likeness (QED) is 0.842. The van der Waals surface area contributed by atoms with Crippen molar-refractivity contribution in [3.8, 4) is 0 Å². The largest absolute Gasteiger partial charge is 0.349 e. The van der Waals surface area contributed by atoms with E-state index in [-0.39, 0.29) is 16.8 Å². The van der Waals surface area contributed by atoms with Crippen molar-refractivity contribution >= 4 is 27.3 Å². The highest BCUT2D eigenvalue weighted by Gasteiger charge is 2.19. The third-order valence-electron chi connectivity index (χ3n) is 2.77. The minimum atomic E-state index is -3.76. The van der Waals surface area contributed by atoms with Crippen molar-refractivity contribution in [2.24, 2.45) is 5.14 Å². The van der Waals surface area contributed by atoms with Gasteiger partial charge in [0, 0.05) is 10.9 Å². The Bertz CT molecular complexity index is 549. The van der Waals surface area contributed by atoms with E-state index in [1.807, 2.05) is 6.92 Å². The Balaban J connectivity index is 2.79. The second-order valence-electron chi connectivity index (χ2n) is 4.59. The van der Waals surface area contributed by atoms with Gasteiger partial charge in [-0.05, 0) is 26.3 Å². The van der Waals surface area contributed by atoms with Crippen molar-refractivity contribution < 1.29 is 13.2 Å². The number of sulfonamides is 1. The van der Waals surface area contributed by atoms with Gasteiger partial charge < -0.3 is 5.32 Å². The highest BCUT2D eigenvalue weighted by atomic mass is 32.2. The van der Waals surface area contributed by atoms with Crippen LogP contribution in [0.25, 0.3) is 0 Å². The van der Waals surface area contributed by atoms with Gasteiger partial charge in [-0.1, -0.05) is 19.8 Å². The summed E-state index contributed by atoms with van der Waals surface area (Å²) in [5, 5.41) is 7.94. The lowest BCUT2D eigenvalue weighted by Crippen LogP contribution is -2.31. The topological polar surface area (TPSA) is 89.3 Å². The summed E-state index contributed by atoms with van der Waals surface area (Å²) < 4.78 is 22.6. The Hall–Kier alpha value is -0.920. The fourth-order valence-electron chi connectivity index (χ4n) is 1.74. The molecule has 0 fully saturated rings. The molecule has 3 N–H and O–H groups in total. The molecule has 5 nitrogen and oxygen atoms in total. The number of thiophene rings is 1. The molecule has 1 aromatic rings. The lowest BCUT2D eigenvalue weighted by molar-refractivity contribution is 0.0942. The van der Waals surface area contributed by atoms with Crippen LogP contribution >= 0.6 is 11.3 Å². The van der Waals surface area contributed by atoms with Crippen molar-refractivity contribution in [1.82, 2.24) is 5.32 Å². The molecule has 1 unspecified atom stereocenters. The number of hydrogen-bond acceptors (Lipinski definition) is 4. The molecule has 0 aliphatic rings. The number of rotatable bonds is 6. The van der Waals surface area contributed by atoms with E-state index in [0.717, 1.165) is 30.6 Å². The van der Waals surface area contributed by atoms with Gasteiger partial charge >= 0.3 is 0 Å². The minimum Gasteiger partial charge on any atom is -0.349 e. The first kappa shape index (κ1) is 16.1. The van der Waals surface area contributed by atoms with E-state index >= 15 is 0 Å². The first-order chi connectivity index (χ1) is 8.75. The van der Waals surface area contributed by atoms with Gasteiger partial charge in [0.05, 0.1) is 9.77 Å². The fourth-order valence-corrected chi connectivity index (χ4v) is 3.79. The average molecular weight is 304 g/mol. The molecule has 1 aromatic heterocycles. The summed E-state index contributed by atoms with van der Waals surface area (Å²) in [7, 11) is -3.76. The van der Waals surface area contributed by atoms with Crippen LogP contribution in [-0.4, -0.2) is 20.4 Å². The zero-order valence-electron chi connectivity index (χ0n) is 11.4. The van der Waals surface area contributed by atoms with Crippen LogP contribution in [0.3, 0.4) is 0 Å². The van der Waals surface area contributed by atoms with Crippen molar-refractivity contribution in [1.29, 1.82) is 0 Å². The number of hydrogen-bond donors (Lipinski definition) is 2. The summed E-state index contributed by atoms with van der Waals surface area (Å²) >= 11 is 1.14. The van der Waals surface area contributed by atoms with E-state index in [2.05, 4.69) is 12.2 Å². The monoisotopic (exact) mass is 304 g/mol. The highest BCUT2D eigenvalue weighted by Crippen LogP contribution is 2.24. The van der Waals surface area contributed by atoms with Gasteiger partial charge in [-0.2, -0.15) is 0 Å². The van der Waals surface area contributed by atoms with Gasteiger partial charge in [0.25, 0.3) is 5.91 Å². The number of nitrogens with one attached hydrogen (secondary N) is 1. The summed E-state index contributed by atoms with van der Waals surface area (Å²) in [5.41, 5.74) is 0. The van der Waals surface area contributed by atoms with Crippen LogP contribution in [0, 0.1) is 6.92 Å². The smallest absolute Gasteiger partial charge is 0.261 e. The number of aryl methyl sites for hydroxylation is 1. The second kappa shape index (κ2) is 6.49. The van der Waals surface area contributed by atoms with Gasteiger partial charge in [0.1, 0.15) is 0 Å². The SMILES string of the molecule is CCCCC(C)NC(=O)c1cc(S(N)(=O)=O)c(C)s1. The van der Waals surface area contributed by atoms with E-state index in [1.165, 1.54) is 6.07 Å². The Morgan fingerprint density at radius 2 is 2.16 bits per heavy atom. The molecule has 7 heteroatoms. The lowest BCUT2D eigenvalue weighted by Gasteiger charge is -2.12. The van der Waals surface area contributed by atoms with Crippen LogP contribution < -0.4 is 10.5 Å². The minimum absolute atomic E-state index is 0.0314. The predicted molar refractivity (Wildman–Crippen MR) is 76.9 cm³/mol. The molecule has 1 atom stereocenters. The van der Waals surface area contributed by atoms with E-state index in [0.29, 0.717) is 9.75 Å². The van der Waals surface area contributed by atoms with Crippen molar-refractivity contribution in [2.75, 3.05) is 0 Å². The normalized spacial score (nSPS) is 13.3. The number of carbonyl (C=O) groups is 1. The third kappa shape index (κ3) is 4.59. The maximum Gasteiger partial charge on any atom is 0.261 e. The third-order valence-corrected chi connectivity index (χ3v) is 4.99. The molecule has 0 bridgehead atoms. The summed E-state index contributed by atoms with van der Waals surface area (Å²) in [6, 6.07) is 1.42. The van der Waals surface area contributed by atoms with Gasteiger partial charge in [-0.15, -0.1) is 11.3 Å². The summed E-state index contributed by atoms with van der Waals surface area (Å²) in [6.45, 7) is 5.67. The molecule has 0 saturated heterocycles. The molecule has 108 valence electrons. The maximum absolute atomic E-state index is 12.0. The number of nitrogens with two attached hydrogens (primary N) is 1. The predicted octanol–water partition coefficient (Wildman–Crippen LogP) is 2.01. The van der Waals surface area contributed by atoms with Crippen LogP contribution in [0.5, 0.6) is 0 Å². The molecule has 0 spiro atoms. The molecule has 0 saturated carbocycles. The lowest BCUT2D eigenvalue weighted by atomic mass is 10.1. The molecule has 0 aliphatic heterocycles. The summed E-state index contributed by atoms with van der Waals surface area (Å²) in [5.74, 6) is -0.244. The van der Waals surface area contributed by atoms with E-state index < -0.39 is 10.0 Å². The Morgan fingerprint density at radius 1 is 1.53 bits per heavy atom. The van der Waals surface area contributed by atoms with Gasteiger partial charge in [0.2, 0.25) is 10.0 Å². The fraction of sp³-hybridized carbons (Fsp3) is 0.583. The molecule has 0 aromatic carbocycles. The zero-order valence-corrected chi connectivity index (χ0v) is 13.0. The molecule has 0 radical (unpaired) electrons. The van der Waals surface area contributed by atoms with Crippen molar-refractivity contribution in [3.63, 3.8) is 0 Å². The molecule has 1 amide bonds. The maximum atomic E-state index is 12.0. The van der Waals surface area contributed by atoms with Crippen LogP contribution in [0.15, 0.2) is 11.0 Å². The molecular formula is C12H20N2O3S2. The Kier molecular flexibility index (Phi) is 5.51. The summed E-state index contributed by atoms with van der Waals surface area (Å²) in [4.78, 5) is 12.9. The standard InChI is InChI=1S/C12H20N2O3S2/c1-4-5-6-8(2)14-12(15)10-7-11(9(3)18-10)19(13,16)17/h7-8H,4-6H2,1-3H3,(H,14,15)(H2,13,16,17). The number of amides is 1. The van der Waals surface area contributed by atoms with E-state index in [4.69, 9.17) is 5.14 Å². The molecular weight excluding hydrogens is 284 g/mol. The van der Waals surface area contributed by atoms with Gasteiger partial charge in [-0.25, -0.2) is 13.6 Å². The van der Waals surface area contributed by atoms with Gasteiger partial charge in [0.15, 0.2) is 0 Å². The van der Waals surface area contributed by atoms with Crippen molar-refractivity contribution in [2.45, 2.75) is 51.0 Å². The average Bonchev–Trinajstić information content (AvgIpc) is 2.68. The highest BCUT2D eigenvalue weighted by molar-refractivity contribution is 7.89. The molecule has 0 aliphatic carbocycles. The first-order valence-corrected chi connectivity index (χ1v) is 8.56. The van der Waals surface area contributed by atoms with Crippen LogP contribution in [0.1, 0.15) is 47.7 Å². The molecule has 1 rings (SSSR count). The number of unbranched alkanes of at least 4 members (excludes halogenated alkanes) is 1. The van der Waals surface area contributed by atoms with Crippen LogP contribution in [0.4, 0.5) is 0 Å². The van der Waals surface area contributed by atoms with Crippen molar-refractivity contribution in [3.05, 3.63) is 15.8 Å². The molecule has 19 heavy (non-hydrogen) atoms. The Labute approximate surface area is 118 Å². The van der Waals surface area contributed by atoms with Crippen LogP contribution in [-0.2, 0) is 10.0 Å². The van der Waals surface area contributed by atoms with Crippen LogP contribution in [0.2, 0.25) is 0 Å². The summed E-state index contributed by atoms with van der Waals surface area (Å²) in [6.07, 6.45) is 3.04. The van der Waals surface area contributed by atoms with E-state index in [1.54, 1.807) is 6.92 Å².